The Balaban J connectivity index is 0.000000300. The maximum Gasteiger partial charge on any atom is 0.410 e. The Labute approximate surface area is 183 Å². The van der Waals surface area contributed by atoms with E-state index in [1.54, 1.807) is 9.80 Å². The first kappa shape index (κ1) is 26.5. The van der Waals surface area contributed by atoms with Gasteiger partial charge in [0.2, 0.25) is 0 Å². The fourth-order valence-electron chi connectivity index (χ4n) is 3.27. The van der Waals surface area contributed by atoms with Crippen LogP contribution in [0.4, 0.5) is 9.59 Å². The SMILES string of the molecule is C[C@@H]1NCCN(C(=O)OC(C)(C)C)[C@@H]1C.C[C@H]1NCCN(C(=O)OC(C)(C)C)[C@H]1C. The van der Waals surface area contributed by atoms with Gasteiger partial charge in [-0.25, -0.2) is 9.59 Å². The summed E-state index contributed by atoms with van der Waals surface area (Å²) in [5, 5.41) is 6.66. The number of carbonyl (C=O) groups is 2. The van der Waals surface area contributed by atoms with Crippen LogP contribution in [-0.2, 0) is 9.47 Å². The summed E-state index contributed by atoms with van der Waals surface area (Å²) >= 11 is 0. The molecular weight excluding hydrogens is 384 g/mol. The average Bonchev–Trinajstić information content (AvgIpc) is 2.57. The molecule has 0 unspecified atom stereocenters. The van der Waals surface area contributed by atoms with Crippen LogP contribution in [0.1, 0.15) is 69.2 Å². The number of hydrogen-bond acceptors (Lipinski definition) is 6. The molecule has 2 fully saturated rings. The Kier molecular flexibility index (Phi) is 9.42. The third-order valence-electron chi connectivity index (χ3n) is 5.32. The molecule has 0 aromatic rings. The number of rotatable bonds is 0. The van der Waals surface area contributed by atoms with Gasteiger partial charge in [-0.3, -0.25) is 0 Å². The predicted octanol–water partition coefficient (Wildman–Crippen LogP) is 3.21. The normalized spacial score (nSPS) is 27.7. The Morgan fingerprint density at radius 3 is 1.27 bits per heavy atom. The van der Waals surface area contributed by atoms with Gasteiger partial charge in [0, 0.05) is 50.3 Å². The van der Waals surface area contributed by atoms with Crippen LogP contribution in [0.25, 0.3) is 0 Å². The Morgan fingerprint density at radius 2 is 1.00 bits per heavy atom. The summed E-state index contributed by atoms with van der Waals surface area (Å²) < 4.78 is 10.7. The highest BCUT2D eigenvalue weighted by Crippen LogP contribution is 2.16. The summed E-state index contributed by atoms with van der Waals surface area (Å²) in [6, 6.07) is 1.03. The van der Waals surface area contributed by atoms with Gasteiger partial charge >= 0.3 is 12.2 Å². The molecular formula is C22H44N4O4. The number of hydrogen-bond donors (Lipinski definition) is 2. The Bertz CT molecular complexity index is 520. The monoisotopic (exact) mass is 428 g/mol. The van der Waals surface area contributed by atoms with E-state index in [4.69, 9.17) is 9.47 Å². The van der Waals surface area contributed by atoms with Gasteiger partial charge in [-0.2, -0.15) is 0 Å². The summed E-state index contributed by atoms with van der Waals surface area (Å²) in [7, 11) is 0. The molecule has 8 heteroatoms. The zero-order valence-electron chi connectivity index (χ0n) is 20.7. The number of nitrogens with one attached hydrogen (secondary N) is 2. The predicted molar refractivity (Wildman–Crippen MR) is 120 cm³/mol. The van der Waals surface area contributed by atoms with Crippen molar-refractivity contribution >= 4 is 12.2 Å². The molecule has 2 aliphatic rings. The summed E-state index contributed by atoms with van der Waals surface area (Å²) in [6.45, 7) is 22.7. The number of piperazine rings is 2. The molecule has 0 radical (unpaired) electrons. The standard InChI is InChI=1S/2C11H22N2O2/c2*1-8-9(2)13(7-6-12-8)10(14)15-11(3,4)5/h2*8-9,12H,6-7H2,1-5H3/t2*8-,9+/m10/s1. The van der Waals surface area contributed by atoms with Crippen molar-refractivity contribution in [3.63, 3.8) is 0 Å². The van der Waals surface area contributed by atoms with Gasteiger partial charge in [0.1, 0.15) is 11.2 Å². The van der Waals surface area contributed by atoms with E-state index < -0.39 is 11.2 Å². The van der Waals surface area contributed by atoms with Crippen LogP contribution in [0.5, 0.6) is 0 Å². The number of ether oxygens (including phenoxy) is 2. The van der Waals surface area contributed by atoms with Crippen LogP contribution in [-0.4, -0.2) is 83.5 Å². The van der Waals surface area contributed by atoms with Crippen LogP contribution >= 0.6 is 0 Å². The van der Waals surface area contributed by atoms with E-state index in [0.29, 0.717) is 12.1 Å². The highest BCUT2D eigenvalue weighted by molar-refractivity contribution is 5.69. The third-order valence-corrected chi connectivity index (χ3v) is 5.32. The van der Waals surface area contributed by atoms with Crippen LogP contribution in [0.2, 0.25) is 0 Å². The van der Waals surface area contributed by atoms with Crippen molar-refractivity contribution in [1.82, 2.24) is 20.4 Å². The van der Waals surface area contributed by atoms with Crippen molar-refractivity contribution in [2.45, 2.75) is 105 Å². The molecule has 0 bridgehead atoms. The minimum absolute atomic E-state index is 0.189. The lowest BCUT2D eigenvalue weighted by molar-refractivity contribution is 0.00831. The molecule has 176 valence electrons. The molecule has 2 amide bonds. The second-order valence-corrected chi connectivity index (χ2v) is 10.3. The topological polar surface area (TPSA) is 83.1 Å². The summed E-state index contributed by atoms with van der Waals surface area (Å²) in [5.74, 6) is 0. The molecule has 8 nitrogen and oxygen atoms in total. The Hall–Kier alpha value is -1.54. The highest BCUT2D eigenvalue weighted by atomic mass is 16.6. The minimum Gasteiger partial charge on any atom is -0.444 e. The lowest BCUT2D eigenvalue weighted by Crippen LogP contribution is -2.57. The lowest BCUT2D eigenvalue weighted by Gasteiger charge is -2.39. The van der Waals surface area contributed by atoms with E-state index in [1.807, 2.05) is 55.4 Å². The average molecular weight is 429 g/mol. The van der Waals surface area contributed by atoms with Crippen LogP contribution < -0.4 is 10.6 Å². The zero-order valence-corrected chi connectivity index (χ0v) is 20.7. The summed E-state index contributed by atoms with van der Waals surface area (Å²) in [5.41, 5.74) is -0.824. The molecule has 0 aliphatic carbocycles. The van der Waals surface area contributed by atoms with Crippen molar-refractivity contribution in [3.8, 4) is 0 Å². The molecule has 2 saturated heterocycles. The van der Waals surface area contributed by atoms with E-state index in [0.717, 1.165) is 26.2 Å². The smallest absolute Gasteiger partial charge is 0.410 e. The van der Waals surface area contributed by atoms with Crippen molar-refractivity contribution in [2.24, 2.45) is 0 Å². The van der Waals surface area contributed by atoms with Gasteiger partial charge in [0.15, 0.2) is 0 Å². The van der Waals surface area contributed by atoms with E-state index in [9.17, 15) is 9.59 Å². The van der Waals surface area contributed by atoms with E-state index >= 15 is 0 Å². The van der Waals surface area contributed by atoms with Gasteiger partial charge < -0.3 is 29.9 Å². The molecule has 0 aromatic carbocycles. The molecule has 2 heterocycles. The molecule has 30 heavy (non-hydrogen) atoms. The third kappa shape index (κ3) is 8.68. The van der Waals surface area contributed by atoms with Gasteiger partial charge in [-0.15, -0.1) is 0 Å². The van der Waals surface area contributed by atoms with Crippen LogP contribution in [0.3, 0.4) is 0 Å². The molecule has 2 N–H and O–H groups in total. The highest BCUT2D eigenvalue weighted by Gasteiger charge is 2.32. The molecule has 2 aliphatic heterocycles. The van der Waals surface area contributed by atoms with E-state index in [1.165, 1.54) is 0 Å². The van der Waals surface area contributed by atoms with Crippen molar-refractivity contribution in [1.29, 1.82) is 0 Å². The Morgan fingerprint density at radius 1 is 0.700 bits per heavy atom. The quantitative estimate of drug-likeness (QED) is 0.616. The first-order valence-electron chi connectivity index (χ1n) is 11.1. The zero-order chi connectivity index (χ0) is 23.3. The fraction of sp³-hybridized carbons (Fsp3) is 0.909. The molecule has 0 aromatic heterocycles. The van der Waals surface area contributed by atoms with Crippen LogP contribution in [0, 0.1) is 0 Å². The maximum absolute atomic E-state index is 11.8. The molecule has 0 saturated carbocycles. The summed E-state index contributed by atoms with van der Waals surface area (Å²) in [4.78, 5) is 27.3. The van der Waals surface area contributed by atoms with Crippen LogP contribution in [0.15, 0.2) is 0 Å². The number of amides is 2. The van der Waals surface area contributed by atoms with Gasteiger partial charge in [-0.1, -0.05) is 0 Å². The first-order valence-corrected chi connectivity index (χ1v) is 11.1. The second-order valence-electron chi connectivity index (χ2n) is 10.3. The number of nitrogens with zero attached hydrogens (tertiary/aromatic N) is 2. The van der Waals surface area contributed by atoms with E-state index in [-0.39, 0.29) is 24.3 Å². The molecule has 0 spiro atoms. The maximum atomic E-state index is 11.8. The van der Waals surface area contributed by atoms with Crippen molar-refractivity contribution in [3.05, 3.63) is 0 Å². The molecule has 4 atom stereocenters. The summed E-state index contributed by atoms with van der Waals surface area (Å²) in [6.07, 6.45) is -0.410. The van der Waals surface area contributed by atoms with Crippen molar-refractivity contribution in [2.75, 3.05) is 26.2 Å². The second kappa shape index (κ2) is 10.7. The first-order chi connectivity index (χ1) is 13.6. The van der Waals surface area contributed by atoms with Crippen molar-refractivity contribution < 1.29 is 19.1 Å². The van der Waals surface area contributed by atoms with E-state index in [2.05, 4.69) is 24.5 Å². The lowest BCUT2D eigenvalue weighted by atomic mass is 10.1. The number of carbonyl (C=O) groups excluding carboxylic acids is 2. The largest absolute Gasteiger partial charge is 0.444 e. The molecule has 2 rings (SSSR count). The van der Waals surface area contributed by atoms with Gasteiger partial charge in [0.25, 0.3) is 0 Å². The fourth-order valence-corrected chi connectivity index (χ4v) is 3.27. The van der Waals surface area contributed by atoms with Gasteiger partial charge in [-0.05, 0) is 69.2 Å². The van der Waals surface area contributed by atoms with Gasteiger partial charge in [0.05, 0.1) is 0 Å². The minimum atomic E-state index is -0.412.